The van der Waals surface area contributed by atoms with Crippen LogP contribution in [0.1, 0.15) is 31.6 Å². The monoisotopic (exact) mass is 434 g/mol. The van der Waals surface area contributed by atoms with Gasteiger partial charge in [-0.15, -0.1) is 0 Å². The Morgan fingerprint density at radius 3 is 2.69 bits per heavy atom. The Morgan fingerprint density at radius 1 is 1.12 bits per heavy atom. The van der Waals surface area contributed by atoms with Gasteiger partial charge in [-0.05, 0) is 38.0 Å². The Kier molecular flexibility index (Phi) is 5.54. The van der Waals surface area contributed by atoms with Crippen molar-refractivity contribution in [1.82, 2.24) is 25.3 Å². The second-order valence-corrected chi connectivity index (χ2v) is 8.12. The maximum Gasteiger partial charge on any atom is 0.241 e. The lowest BCUT2D eigenvalue weighted by atomic mass is 10.2. The standard InChI is InChI=1S/C22H26N8O2/c1-14(31)17-10-15-11-25-22(28-20(15)21(26-17)29-7-2-3-8-29)27-18-5-4-16(12-24-18)30-9-6-23-13-19(30)32/h4-5,10-12,14,23,31H,2-3,6-9,13H2,1H3,(H,24,25,27,28). The number of nitrogens with zero attached hydrogens (tertiary/aromatic N) is 6. The number of hydrogen-bond acceptors (Lipinski definition) is 9. The summed E-state index contributed by atoms with van der Waals surface area (Å²) in [5.74, 6) is 1.83. The first-order valence-electron chi connectivity index (χ1n) is 10.9. The van der Waals surface area contributed by atoms with Crippen molar-refractivity contribution in [2.24, 2.45) is 0 Å². The smallest absolute Gasteiger partial charge is 0.241 e. The molecule has 0 aromatic carbocycles. The molecule has 5 heterocycles. The molecule has 3 N–H and O–H groups in total. The fourth-order valence-corrected chi connectivity index (χ4v) is 4.08. The average Bonchev–Trinajstić information content (AvgIpc) is 3.34. The SMILES string of the molecule is CC(O)c1cc2cnc(Nc3ccc(N4CCNCC4=O)cn3)nc2c(N2CCCC2)n1. The van der Waals surface area contributed by atoms with Gasteiger partial charge in [0.1, 0.15) is 11.3 Å². The summed E-state index contributed by atoms with van der Waals surface area (Å²) in [5, 5.41) is 17.1. The number of hydrogen-bond donors (Lipinski definition) is 3. The molecule has 0 saturated carbocycles. The zero-order chi connectivity index (χ0) is 22.1. The number of rotatable bonds is 5. The van der Waals surface area contributed by atoms with Gasteiger partial charge in [-0.1, -0.05) is 0 Å². The van der Waals surface area contributed by atoms with E-state index in [0.29, 0.717) is 30.5 Å². The topological polar surface area (TPSA) is 119 Å². The molecule has 1 unspecified atom stereocenters. The number of aromatic nitrogens is 4. The molecule has 2 aliphatic rings. The van der Waals surface area contributed by atoms with Gasteiger partial charge in [0.25, 0.3) is 0 Å². The average molecular weight is 435 g/mol. The predicted octanol–water partition coefficient (Wildman–Crippen LogP) is 1.75. The summed E-state index contributed by atoms with van der Waals surface area (Å²) in [5.41, 5.74) is 2.13. The Bertz CT molecular complexity index is 1130. The van der Waals surface area contributed by atoms with Crippen LogP contribution in [0.5, 0.6) is 0 Å². The number of nitrogens with one attached hydrogen (secondary N) is 2. The number of fused-ring (bicyclic) bond motifs is 1. The molecule has 3 aromatic heterocycles. The quantitative estimate of drug-likeness (QED) is 0.552. The summed E-state index contributed by atoms with van der Waals surface area (Å²) in [7, 11) is 0. The fraction of sp³-hybridized carbons (Fsp3) is 0.409. The lowest BCUT2D eigenvalue weighted by Crippen LogP contribution is -2.48. The highest BCUT2D eigenvalue weighted by molar-refractivity contribution is 5.95. The molecule has 2 fully saturated rings. The van der Waals surface area contributed by atoms with Crippen molar-refractivity contribution >= 4 is 40.1 Å². The summed E-state index contributed by atoms with van der Waals surface area (Å²) in [4.78, 5) is 34.3. The predicted molar refractivity (Wildman–Crippen MR) is 122 cm³/mol. The van der Waals surface area contributed by atoms with Gasteiger partial charge in [-0.2, -0.15) is 0 Å². The van der Waals surface area contributed by atoms with Crippen molar-refractivity contribution < 1.29 is 9.90 Å². The zero-order valence-corrected chi connectivity index (χ0v) is 18.0. The van der Waals surface area contributed by atoms with Crippen molar-refractivity contribution in [2.45, 2.75) is 25.9 Å². The molecule has 2 saturated heterocycles. The Balaban J connectivity index is 1.42. The van der Waals surface area contributed by atoms with E-state index in [0.717, 1.165) is 54.9 Å². The molecular weight excluding hydrogens is 408 g/mol. The van der Waals surface area contributed by atoms with E-state index < -0.39 is 6.10 Å². The van der Waals surface area contributed by atoms with Crippen molar-refractivity contribution in [1.29, 1.82) is 0 Å². The van der Waals surface area contributed by atoms with Gasteiger partial charge in [-0.3, -0.25) is 4.79 Å². The highest BCUT2D eigenvalue weighted by atomic mass is 16.3. The first-order valence-corrected chi connectivity index (χ1v) is 10.9. The minimum atomic E-state index is -0.663. The van der Waals surface area contributed by atoms with Crippen LogP contribution in [-0.4, -0.2) is 63.7 Å². The minimum absolute atomic E-state index is 0.0372. The highest BCUT2D eigenvalue weighted by Crippen LogP contribution is 2.29. The number of carbonyl (C=O) groups excluding carboxylic acids is 1. The fourth-order valence-electron chi connectivity index (χ4n) is 4.08. The van der Waals surface area contributed by atoms with E-state index in [1.54, 1.807) is 24.2 Å². The van der Waals surface area contributed by atoms with Crippen molar-refractivity contribution in [3.05, 3.63) is 36.3 Å². The lowest BCUT2D eigenvalue weighted by molar-refractivity contribution is -0.118. The molecule has 0 spiro atoms. The van der Waals surface area contributed by atoms with Crippen molar-refractivity contribution in [3.8, 4) is 0 Å². The van der Waals surface area contributed by atoms with Gasteiger partial charge in [0.05, 0.1) is 30.2 Å². The molecule has 0 radical (unpaired) electrons. The molecule has 3 aromatic rings. The van der Waals surface area contributed by atoms with Gasteiger partial charge >= 0.3 is 0 Å². The van der Waals surface area contributed by atoms with Crippen LogP contribution in [0, 0.1) is 0 Å². The van der Waals surface area contributed by atoms with E-state index >= 15 is 0 Å². The third-order valence-electron chi connectivity index (χ3n) is 5.79. The van der Waals surface area contributed by atoms with E-state index in [2.05, 4.69) is 25.5 Å². The molecule has 166 valence electrons. The normalized spacial score (nSPS) is 17.8. The molecular formula is C22H26N8O2. The van der Waals surface area contributed by atoms with Crippen LogP contribution < -0.4 is 20.4 Å². The van der Waals surface area contributed by atoms with Crippen LogP contribution in [0.25, 0.3) is 10.9 Å². The van der Waals surface area contributed by atoms with E-state index in [-0.39, 0.29) is 5.91 Å². The van der Waals surface area contributed by atoms with Crippen LogP contribution in [0.4, 0.5) is 23.3 Å². The highest BCUT2D eigenvalue weighted by Gasteiger charge is 2.21. The number of aliphatic hydroxyl groups excluding tert-OH is 1. The summed E-state index contributed by atoms with van der Waals surface area (Å²) >= 11 is 0. The molecule has 1 amide bonds. The maximum absolute atomic E-state index is 12.1. The van der Waals surface area contributed by atoms with Gasteiger partial charge in [0, 0.05) is 37.8 Å². The van der Waals surface area contributed by atoms with Crippen LogP contribution in [0.15, 0.2) is 30.6 Å². The summed E-state index contributed by atoms with van der Waals surface area (Å²) in [6, 6.07) is 5.51. The third-order valence-corrected chi connectivity index (χ3v) is 5.79. The number of carbonyl (C=O) groups is 1. The Morgan fingerprint density at radius 2 is 1.97 bits per heavy atom. The van der Waals surface area contributed by atoms with E-state index in [9.17, 15) is 9.90 Å². The molecule has 32 heavy (non-hydrogen) atoms. The molecule has 5 rings (SSSR count). The molecule has 0 aliphatic carbocycles. The molecule has 2 aliphatic heterocycles. The Labute approximate surface area is 185 Å². The van der Waals surface area contributed by atoms with Gasteiger partial charge in [0.15, 0.2) is 5.82 Å². The van der Waals surface area contributed by atoms with E-state index in [1.807, 2.05) is 18.2 Å². The molecule has 10 heteroatoms. The number of anilines is 4. The summed E-state index contributed by atoms with van der Waals surface area (Å²) < 4.78 is 0. The zero-order valence-electron chi connectivity index (χ0n) is 18.0. The number of pyridine rings is 2. The second-order valence-electron chi connectivity index (χ2n) is 8.12. The molecule has 0 bridgehead atoms. The van der Waals surface area contributed by atoms with Crippen molar-refractivity contribution in [3.63, 3.8) is 0 Å². The molecule has 10 nitrogen and oxygen atoms in total. The van der Waals surface area contributed by atoms with Crippen LogP contribution >= 0.6 is 0 Å². The second kappa shape index (κ2) is 8.64. The summed E-state index contributed by atoms with van der Waals surface area (Å²) in [6.07, 6.45) is 4.99. The lowest BCUT2D eigenvalue weighted by Gasteiger charge is -2.27. The van der Waals surface area contributed by atoms with E-state index in [4.69, 9.17) is 9.97 Å². The number of amides is 1. The van der Waals surface area contributed by atoms with Crippen molar-refractivity contribution in [2.75, 3.05) is 47.8 Å². The molecule has 1 atom stereocenters. The maximum atomic E-state index is 12.1. The van der Waals surface area contributed by atoms with Crippen LogP contribution in [0.3, 0.4) is 0 Å². The van der Waals surface area contributed by atoms with Crippen LogP contribution in [0.2, 0.25) is 0 Å². The number of aliphatic hydroxyl groups is 1. The Hall–Kier alpha value is -3.37. The van der Waals surface area contributed by atoms with Gasteiger partial charge < -0.3 is 25.5 Å². The van der Waals surface area contributed by atoms with Gasteiger partial charge in [0.2, 0.25) is 11.9 Å². The van der Waals surface area contributed by atoms with Crippen LogP contribution in [-0.2, 0) is 4.79 Å². The first-order chi connectivity index (χ1) is 15.6. The summed E-state index contributed by atoms with van der Waals surface area (Å²) in [6.45, 7) is 5.29. The first kappa shape index (κ1) is 20.5. The van der Waals surface area contributed by atoms with Gasteiger partial charge in [-0.25, -0.2) is 19.9 Å². The van der Waals surface area contributed by atoms with E-state index in [1.165, 1.54) is 0 Å². The largest absolute Gasteiger partial charge is 0.387 e. The number of piperazine rings is 1. The third kappa shape index (κ3) is 4.06. The minimum Gasteiger partial charge on any atom is -0.387 e.